The number of benzene rings is 2. The van der Waals surface area contributed by atoms with E-state index >= 15 is 0 Å². The minimum absolute atomic E-state index is 0.268. The van der Waals surface area contributed by atoms with Crippen molar-refractivity contribution in [3.05, 3.63) is 83.4 Å². The van der Waals surface area contributed by atoms with E-state index in [0.717, 1.165) is 38.9 Å². The molecule has 0 aliphatic carbocycles. The molecule has 2 atom stereocenters. The second-order valence-electron chi connectivity index (χ2n) is 15.9. The predicted molar refractivity (Wildman–Crippen MR) is 195 cm³/mol. The van der Waals surface area contributed by atoms with Crippen molar-refractivity contribution in [3.8, 4) is 0 Å². The Morgan fingerprint density at radius 3 is 1.56 bits per heavy atom. The Bertz CT molecular complexity index is 1060. The number of allylic oxidation sites excluding steroid dienone is 2. The summed E-state index contributed by atoms with van der Waals surface area (Å²) in [6, 6.07) is 22.3. The molecular formula is C39H66O2Si2. The molecule has 0 heterocycles. The normalized spacial score (nSPS) is 15.0. The van der Waals surface area contributed by atoms with Crippen LogP contribution in [0.15, 0.2) is 72.3 Å². The van der Waals surface area contributed by atoms with Gasteiger partial charge in [0.25, 0.3) is 0 Å². The van der Waals surface area contributed by atoms with Gasteiger partial charge in [-0.1, -0.05) is 120 Å². The van der Waals surface area contributed by atoms with Crippen molar-refractivity contribution in [1.82, 2.24) is 0 Å². The average Bonchev–Trinajstić information content (AvgIpc) is 2.93. The van der Waals surface area contributed by atoms with Gasteiger partial charge in [0.15, 0.2) is 16.6 Å². The highest BCUT2D eigenvalue weighted by atomic mass is 28.4. The minimum atomic E-state index is -1.69. The van der Waals surface area contributed by atoms with Crippen molar-refractivity contribution in [2.75, 3.05) is 13.2 Å². The van der Waals surface area contributed by atoms with Gasteiger partial charge in [-0.25, -0.2) is 0 Å². The molecule has 2 aromatic carbocycles. The van der Waals surface area contributed by atoms with Gasteiger partial charge in [-0.15, -0.1) is 0 Å². The summed E-state index contributed by atoms with van der Waals surface area (Å²) in [4.78, 5) is 0. The third-order valence-electron chi connectivity index (χ3n) is 10.3. The first-order valence-corrected chi connectivity index (χ1v) is 22.9. The Balaban J connectivity index is 1.95. The Morgan fingerprint density at radius 2 is 1.07 bits per heavy atom. The topological polar surface area (TPSA) is 18.5 Å². The molecule has 0 amide bonds. The highest BCUT2D eigenvalue weighted by Crippen LogP contribution is 2.38. The largest absolute Gasteiger partial charge is 0.417 e. The summed E-state index contributed by atoms with van der Waals surface area (Å²) < 4.78 is 13.0. The monoisotopic (exact) mass is 622 g/mol. The minimum Gasteiger partial charge on any atom is -0.417 e. The Kier molecular flexibility index (Phi) is 15.2. The second-order valence-corrected chi connectivity index (χ2v) is 25.5. The van der Waals surface area contributed by atoms with Crippen molar-refractivity contribution >= 4 is 16.6 Å². The van der Waals surface area contributed by atoms with Gasteiger partial charge in [0, 0.05) is 13.2 Å². The van der Waals surface area contributed by atoms with E-state index in [9.17, 15) is 0 Å². The molecule has 0 aliphatic rings. The van der Waals surface area contributed by atoms with Gasteiger partial charge in [-0.2, -0.15) is 0 Å². The fraction of sp³-hybridized carbons (Fsp3) is 0.641. The summed E-state index contributed by atoms with van der Waals surface area (Å²) in [5.41, 5.74) is 4.48. The number of hydrogen-bond donors (Lipinski definition) is 0. The van der Waals surface area contributed by atoms with Crippen molar-refractivity contribution in [1.29, 1.82) is 0 Å². The van der Waals surface area contributed by atoms with E-state index in [1.807, 2.05) is 0 Å². The zero-order valence-corrected chi connectivity index (χ0v) is 31.9. The molecular weight excluding hydrogens is 557 g/mol. The van der Waals surface area contributed by atoms with E-state index < -0.39 is 16.6 Å². The average molecular weight is 623 g/mol. The third kappa shape index (κ3) is 13.2. The van der Waals surface area contributed by atoms with Crippen molar-refractivity contribution < 1.29 is 8.85 Å². The van der Waals surface area contributed by atoms with Gasteiger partial charge in [0.1, 0.15) is 0 Å². The van der Waals surface area contributed by atoms with Crippen LogP contribution in [0.25, 0.3) is 0 Å². The smallest absolute Gasteiger partial charge is 0.191 e. The molecule has 0 fully saturated rings. The summed E-state index contributed by atoms with van der Waals surface area (Å²) in [7, 11) is -3.35. The maximum atomic E-state index is 6.51. The standard InChI is InChI=1S/C39H66O2Si2/c1-33(32-37(36-25-16-13-17-26-36)27-18-19-30-40-42(8,9)38(2,3)4)22-20-28-35(34-23-14-12-15-24-34)29-21-31-41-43(10,11)39(5,6)7/h12-17,22-26,35,37H,18-21,27-32H2,1-11H3/b33-22+. The van der Waals surface area contributed by atoms with Crippen LogP contribution < -0.4 is 0 Å². The summed E-state index contributed by atoms with van der Waals surface area (Å²) >= 11 is 0. The van der Waals surface area contributed by atoms with Gasteiger partial charge in [-0.3, -0.25) is 0 Å². The lowest BCUT2D eigenvalue weighted by Crippen LogP contribution is -2.41. The van der Waals surface area contributed by atoms with Gasteiger partial charge in [0.05, 0.1) is 0 Å². The summed E-state index contributed by atoms with van der Waals surface area (Å²) in [6.07, 6.45) is 11.9. The van der Waals surface area contributed by atoms with Crippen LogP contribution >= 0.6 is 0 Å². The molecule has 0 aliphatic heterocycles. The van der Waals surface area contributed by atoms with E-state index in [4.69, 9.17) is 8.85 Å². The van der Waals surface area contributed by atoms with Gasteiger partial charge in [0.2, 0.25) is 0 Å². The highest BCUT2D eigenvalue weighted by Gasteiger charge is 2.37. The van der Waals surface area contributed by atoms with Crippen LogP contribution in [-0.2, 0) is 8.85 Å². The van der Waals surface area contributed by atoms with E-state index in [1.54, 1.807) is 0 Å². The molecule has 0 saturated heterocycles. The highest BCUT2D eigenvalue weighted by molar-refractivity contribution is 6.74. The Labute approximate surface area is 269 Å². The fourth-order valence-electron chi connectivity index (χ4n) is 5.23. The lowest BCUT2D eigenvalue weighted by atomic mass is 9.86. The first kappa shape index (κ1) is 37.7. The van der Waals surface area contributed by atoms with Crippen molar-refractivity contribution in [3.63, 3.8) is 0 Å². The third-order valence-corrected chi connectivity index (χ3v) is 19.4. The molecule has 0 radical (unpaired) electrons. The summed E-state index contributed by atoms with van der Waals surface area (Å²) in [5.74, 6) is 1.15. The van der Waals surface area contributed by atoms with E-state index in [0.29, 0.717) is 11.8 Å². The van der Waals surface area contributed by atoms with Gasteiger partial charge >= 0.3 is 0 Å². The zero-order valence-electron chi connectivity index (χ0n) is 29.9. The number of rotatable bonds is 18. The molecule has 0 spiro atoms. The lowest BCUT2D eigenvalue weighted by Gasteiger charge is -2.36. The van der Waals surface area contributed by atoms with Crippen LogP contribution in [0.5, 0.6) is 0 Å². The molecule has 4 heteroatoms. The van der Waals surface area contributed by atoms with Crippen LogP contribution in [0.3, 0.4) is 0 Å². The SMILES string of the molecule is C/C(=C\CCC(CCCO[Si](C)(C)C(C)(C)C)c1ccccc1)CC(CCCCO[Si](C)(C)C(C)(C)C)c1ccccc1. The molecule has 2 aromatic rings. The lowest BCUT2D eigenvalue weighted by molar-refractivity contribution is 0.274. The van der Waals surface area contributed by atoms with E-state index in [2.05, 4.69) is 141 Å². The van der Waals surface area contributed by atoms with Crippen LogP contribution in [0.1, 0.15) is 123 Å². The molecule has 0 saturated carbocycles. The van der Waals surface area contributed by atoms with E-state index in [-0.39, 0.29) is 10.1 Å². The summed E-state index contributed by atoms with van der Waals surface area (Å²) in [6.45, 7) is 27.5. The van der Waals surface area contributed by atoms with Crippen LogP contribution in [0.2, 0.25) is 36.3 Å². The first-order valence-electron chi connectivity index (χ1n) is 17.1. The van der Waals surface area contributed by atoms with Crippen LogP contribution in [0, 0.1) is 0 Å². The second kappa shape index (κ2) is 17.3. The maximum absolute atomic E-state index is 6.51. The zero-order chi connectivity index (χ0) is 32.2. The summed E-state index contributed by atoms with van der Waals surface area (Å²) in [5, 5.41) is 0.545. The Morgan fingerprint density at radius 1 is 0.628 bits per heavy atom. The fourth-order valence-corrected chi connectivity index (χ4v) is 7.40. The van der Waals surface area contributed by atoms with Crippen molar-refractivity contribution in [2.24, 2.45) is 0 Å². The Hall–Kier alpha value is -1.47. The molecule has 2 unspecified atom stereocenters. The van der Waals surface area contributed by atoms with Gasteiger partial charge in [-0.05, 0) is 111 Å². The molecule has 242 valence electrons. The molecule has 2 nitrogen and oxygen atoms in total. The predicted octanol–water partition coefficient (Wildman–Crippen LogP) is 12.7. The quantitative estimate of drug-likeness (QED) is 0.0935. The maximum Gasteiger partial charge on any atom is 0.191 e. The number of unbranched alkanes of at least 4 members (excludes halogenated alkanes) is 1. The molecule has 43 heavy (non-hydrogen) atoms. The van der Waals surface area contributed by atoms with Crippen molar-refractivity contribution in [2.45, 2.75) is 148 Å². The van der Waals surface area contributed by atoms with Crippen LogP contribution in [-0.4, -0.2) is 29.8 Å². The first-order chi connectivity index (χ1) is 20.0. The van der Waals surface area contributed by atoms with E-state index in [1.165, 1.54) is 42.4 Å². The molecule has 0 bridgehead atoms. The molecule has 0 N–H and O–H groups in total. The van der Waals surface area contributed by atoms with Gasteiger partial charge < -0.3 is 8.85 Å². The molecule has 0 aromatic heterocycles. The molecule has 2 rings (SSSR count). The van der Waals surface area contributed by atoms with Crippen LogP contribution in [0.4, 0.5) is 0 Å². The number of hydrogen-bond acceptors (Lipinski definition) is 2.